The third-order valence-electron chi connectivity index (χ3n) is 2.16. The minimum atomic E-state index is -0.982. The van der Waals surface area contributed by atoms with E-state index in [1.807, 2.05) is 0 Å². The predicted octanol–water partition coefficient (Wildman–Crippen LogP) is 0.847. The minimum absolute atomic E-state index is 0.194. The molecule has 0 bridgehead atoms. The highest BCUT2D eigenvalue weighted by Crippen LogP contribution is 2.07. The molecule has 1 heterocycles. The van der Waals surface area contributed by atoms with Crippen LogP contribution in [0.5, 0.6) is 0 Å². The van der Waals surface area contributed by atoms with E-state index in [0.29, 0.717) is 25.2 Å². The van der Waals surface area contributed by atoms with Gasteiger partial charge in [0.2, 0.25) is 5.91 Å². The number of carbonyl (C=O) groups excluding carboxylic acids is 1. The molecule has 0 saturated carbocycles. The van der Waals surface area contributed by atoms with Crippen molar-refractivity contribution in [3.8, 4) is 0 Å². The van der Waals surface area contributed by atoms with Crippen molar-refractivity contribution >= 4 is 17.7 Å². The minimum Gasteiger partial charge on any atom is -0.478 e. The number of rotatable bonds is 7. The number of carboxylic acids is 1. The topological polar surface area (TPSA) is 105 Å². The number of unbranched alkanes of at least 4 members (excludes halogenated alkanes) is 1. The summed E-state index contributed by atoms with van der Waals surface area (Å²) in [7, 11) is 0. The first-order valence-electron chi connectivity index (χ1n) is 5.31. The summed E-state index contributed by atoms with van der Waals surface area (Å²) in [6.45, 7) is 0.628. The Labute approximate surface area is 98.8 Å². The summed E-state index contributed by atoms with van der Waals surface area (Å²) < 4.78 is 0. The zero-order chi connectivity index (χ0) is 12.7. The summed E-state index contributed by atoms with van der Waals surface area (Å²) in [5.74, 6) is -0.774. The molecule has 1 rings (SSSR count). The van der Waals surface area contributed by atoms with Crippen molar-refractivity contribution in [1.29, 1.82) is 0 Å². The molecule has 4 N–H and O–H groups in total. The first kappa shape index (κ1) is 13.0. The lowest BCUT2D eigenvalue weighted by atomic mass is 10.2. The van der Waals surface area contributed by atoms with Crippen LogP contribution in [0.15, 0.2) is 18.3 Å². The van der Waals surface area contributed by atoms with Crippen LogP contribution in [0, 0.1) is 0 Å². The number of nitrogens with two attached hydrogens (primary N) is 1. The quantitative estimate of drug-likeness (QED) is 0.609. The van der Waals surface area contributed by atoms with Gasteiger partial charge in [-0.3, -0.25) is 4.79 Å². The molecule has 0 fully saturated rings. The molecule has 6 heteroatoms. The Bertz CT molecular complexity index is 407. The average molecular weight is 237 g/mol. The highest BCUT2D eigenvalue weighted by Gasteiger charge is 2.03. The van der Waals surface area contributed by atoms with Gasteiger partial charge >= 0.3 is 5.97 Å². The third-order valence-corrected chi connectivity index (χ3v) is 2.16. The van der Waals surface area contributed by atoms with Crippen LogP contribution in [-0.4, -0.2) is 28.5 Å². The van der Waals surface area contributed by atoms with Crippen molar-refractivity contribution in [3.63, 3.8) is 0 Å². The molecule has 0 aliphatic rings. The fraction of sp³-hybridized carbons (Fsp3) is 0.364. The van der Waals surface area contributed by atoms with E-state index in [1.165, 1.54) is 18.3 Å². The van der Waals surface area contributed by atoms with Gasteiger partial charge in [0.25, 0.3) is 0 Å². The van der Waals surface area contributed by atoms with Crippen LogP contribution in [0.4, 0.5) is 5.82 Å². The van der Waals surface area contributed by atoms with Gasteiger partial charge in [-0.05, 0) is 25.0 Å². The number of primary amides is 1. The van der Waals surface area contributed by atoms with Crippen LogP contribution in [-0.2, 0) is 4.79 Å². The molecular formula is C11H15N3O3. The molecular weight excluding hydrogens is 222 g/mol. The van der Waals surface area contributed by atoms with E-state index in [-0.39, 0.29) is 11.5 Å². The summed E-state index contributed by atoms with van der Waals surface area (Å²) in [6, 6.07) is 2.90. The molecule has 1 amide bonds. The molecule has 0 saturated heterocycles. The van der Waals surface area contributed by atoms with E-state index >= 15 is 0 Å². The number of aromatic nitrogens is 1. The second-order valence-corrected chi connectivity index (χ2v) is 3.59. The molecule has 6 nitrogen and oxygen atoms in total. The second-order valence-electron chi connectivity index (χ2n) is 3.59. The maximum absolute atomic E-state index is 10.7. The Kier molecular flexibility index (Phi) is 4.93. The van der Waals surface area contributed by atoms with Crippen LogP contribution in [0.25, 0.3) is 0 Å². The SMILES string of the molecule is NC(=O)CCCCNc1cc(C(=O)O)ccn1. The molecule has 0 spiro atoms. The molecule has 17 heavy (non-hydrogen) atoms. The number of carboxylic acid groups (broad SMARTS) is 1. The fourth-order valence-electron chi connectivity index (χ4n) is 1.30. The van der Waals surface area contributed by atoms with E-state index in [0.717, 1.165) is 6.42 Å². The number of nitrogens with zero attached hydrogens (tertiary/aromatic N) is 1. The van der Waals surface area contributed by atoms with Gasteiger partial charge in [0, 0.05) is 19.2 Å². The number of hydrogen-bond acceptors (Lipinski definition) is 4. The number of pyridine rings is 1. The number of aromatic carboxylic acids is 1. The van der Waals surface area contributed by atoms with Gasteiger partial charge in [0.15, 0.2) is 0 Å². The number of amides is 1. The molecule has 92 valence electrons. The summed E-state index contributed by atoms with van der Waals surface area (Å²) in [4.78, 5) is 25.2. The van der Waals surface area contributed by atoms with Crippen molar-refractivity contribution in [2.24, 2.45) is 5.73 Å². The molecule has 1 aromatic rings. The monoisotopic (exact) mass is 237 g/mol. The smallest absolute Gasteiger partial charge is 0.335 e. The summed E-state index contributed by atoms with van der Waals surface area (Å²) in [5.41, 5.74) is 5.20. The van der Waals surface area contributed by atoms with E-state index in [1.54, 1.807) is 0 Å². The zero-order valence-corrected chi connectivity index (χ0v) is 9.35. The lowest BCUT2D eigenvalue weighted by Gasteiger charge is -2.05. The standard InChI is InChI=1S/C11H15N3O3/c12-9(15)3-1-2-5-13-10-7-8(11(16)17)4-6-14-10/h4,6-7H,1-3,5H2,(H2,12,15)(H,13,14)(H,16,17). The summed E-state index contributed by atoms with van der Waals surface area (Å²) in [6.07, 6.45) is 3.29. The van der Waals surface area contributed by atoms with E-state index in [4.69, 9.17) is 10.8 Å². The molecule has 0 aliphatic carbocycles. The first-order chi connectivity index (χ1) is 8.09. The highest BCUT2D eigenvalue weighted by molar-refractivity contribution is 5.88. The van der Waals surface area contributed by atoms with Crippen LogP contribution in [0.1, 0.15) is 29.6 Å². The van der Waals surface area contributed by atoms with Gasteiger partial charge in [0.1, 0.15) is 5.82 Å². The second kappa shape index (κ2) is 6.47. The van der Waals surface area contributed by atoms with Crippen LogP contribution >= 0.6 is 0 Å². The number of carbonyl (C=O) groups is 2. The predicted molar refractivity (Wildman–Crippen MR) is 62.7 cm³/mol. The molecule has 0 radical (unpaired) electrons. The lowest BCUT2D eigenvalue weighted by Crippen LogP contribution is -2.11. The normalized spacial score (nSPS) is 9.88. The number of hydrogen-bond donors (Lipinski definition) is 3. The summed E-state index contributed by atoms with van der Waals surface area (Å²) >= 11 is 0. The summed E-state index contributed by atoms with van der Waals surface area (Å²) in [5, 5.41) is 11.8. The Hall–Kier alpha value is -2.11. The highest BCUT2D eigenvalue weighted by atomic mass is 16.4. The maximum Gasteiger partial charge on any atom is 0.335 e. The van der Waals surface area contributed by atoms with E-state index in [2.05, 4.69) is 10.3 Å². The number of anilines is 1. The first-order valence-corrected chi connectivity index (χ1v) is 5.31. The van der Waals surface area contributed by atoms with Gasteiger partial charge in [0.05, 0.1) is 5.56 Å². The van der Waals surface area contributed by atoms with Crippen LogP contribution in [0.2, 0.25) is 0 Å². The molecule has 0 unspecified atom stereocenters. The molecule has 0 aromatic carbocycles. The Morgan fingerprint density at radius 1 is 1.41 bits per heavy atom. The number of nitrogens with one attached hydrogen (secondary N) is 1. The van der Waals surface area contributed by atoms with Gasteiger partial charge < -0.3 is 16.2 Å². The third kappa shape index (κ3) is 4.96. The molecule has 0 aliphatic heterocycles. The Morgan fingerprint density at radius 2 is 2.18 bits per heavy atom. The molecule has 0 atom stereocenters. The van der Waals surface area contributed by atoms with Gasteiger partial charge in [-0.1, -0.05) is 0 Å². The van der Waals surface area contributed by atoms with Crippen molar-refractivity contribution in [1.82, 2.24) is 4.98 Å². The van der Waals surface area contributed by atoms with Gasteiger partial charge in [-0.2, -0.15) is 0 Å². The lowest BCUT2D eigenvalue weighted by molar-refractivity contribution is -0.118. The van der Waals surface area contributed by atoms with Crippen molar-refractivity contribution in [3.05, 3.63) is 23.9 Å². The van der Waals surface area contributed by atoms with Crippen molar-refractivity contribution in [2.45, 2.75) is 19.3 Å². The van der Waals surface area contributed by atoms with Crippen molar-refractivity contribution < 1.29 is 14.7 Å². The van der Waals surface area contributed by atoms with Crippen LogP contribution in [0.3, 0.4) is 0 Å². The average Bonchev–Trinajstić information content (AvgIpc) is 2.28. The zero-order valence-electron chi connectivity index (χ0n) is 9.35. The van der Waals surface area contributed by atoms with Gasteiger partial charge in [-0.15, -0.1) is 0 Å². The van der Waals surface area contributed by atoms with Gasteiger partial charge in [-0.25, -0.2) is 9.78 Å². The Morgan fingerprint density at radius 3 is 2.82 bits per heavy atom. The maximum atomic E-state index is 10.7. The van der Waals surface area contributed by atoms with Crippen molar-refractivity contribution in [2.75, 3.05) is 11.9 Å². The fourth-order valence-corrected chi connectivity index (χ4v) is 1.30. The van der Waals surface area contributed by atoms with E-state index < -0.39 is 5.97 Å². The Balaban J connectivity index is 2.34. The van der Waals surface area contributed by atoms with E-state index in [9.17, 15) is 9.59 Å². The largest absolute Gasteiger partial charge is 0.478 e. The van der Waals surface area contributed by atoms with Crippen LogP contribution < -0.4 is 11.1 Å². The molecule has 1 aromatic heterocycles.